The highest BCUT2D eigenvalue weighted by atomic mass is 16.7. The number of hydrogen-bond donors (Lipinski definition) is 1. The standard InChI is InChI=1S/C21H31NO2/c1-19(2)16-4-5-20(19,3)17(9-16)22-24-18(23)21-10-13-6-14(11-21)8-15(7-13)12-21/h9,13-16,22H,4-8,10-12H2,1-3H3. The predicted octanol–water partition coefficient (Wildman–Crippen LogP) is 4.59. The van der Waals surface area contributed by atoms with Crippen molar-refractivity contribution >= 4 is 5.97 Å². The number of nitrogens with one attached hydrogen (secondary N) is 1. The van der Waals surface area contributed by atoms with Crippen LogP contribution in [-0.4, -0.2) is 5.97 Å². The minimum atomic E-state index is -0.170. The van der Waals surface area contributed by atoms with E-state index in [9.17, 15) is 4.79 Å². The molecule has 132 valence electrons. The van der Waals surface area contributed by atoms with Gasteiger partial charge in [-0.3, -0.25) is 0 Å². The summed E-state index contributed by atoms with van der Waals surface area (Å²) in [7, 11) is 0. The summed E-state index contributed by atoms with van der Waals surface area (Å²) in [6.07, 6.45) is 12.1. The number of carbonyl (C=O) groups excluding carboxylic acids is 1. The summed E-state index contributed by atoms with van der Waals surface area (Å²) in [6.45, 7) is 7.05. The zero-order valence-corrected chi connectivity index (χ0v) is 15.4. The molecule has 0 amide bonds. The Morgan fingerprint density at radius 2 is 1.67 bits per heavy atom. The van der Waals surface area contributed by atoms with E-state index in [1.54, 1.807) is 0 Å². The fourth-order valence-corrected chi connectivity index (χ4v) is 7.41. The van der Waals surface area contributed by atoms with Crippen molar-refractivity contribution in [3.8, 4) is 0 Å². The average molecular weight is 329 g/mol. The summed E-state index contributed by atoms with van der Waals surface area (Å²) in [5.74, 6) is 2.99. The van der Waals surface area contributed by atoms with Crippen LogP contribution >= 0.6 is 0 Å². The minimum Gasteiger partial charge on any atom is -0.343 e. The van der Waals surface area contributed by atoms with Gasteiger partial charge in [0, 0.05) is 5.41 Å². The van der Waals surface area contributed by atoms with Crippen molar-refractivity contribution in [2.24, 2.45) is 39.9 Å². The number of rotatable bonds is 3. The highest BCUT2D eigenvalue weighted by Crippen LogP contribution is 2.64. The molecule has 0 aromatic heterocycles. The van der Waals surface area contributed by atoms with Gasteiger partial charge in [0.05, 0.1) is 11.1 Å². The Labute approximate surface area is 145 Å². The molecule has 6 rings (SSSR count). The van der Waals surface area contributed by atoms with Gasteiger partial charge in [-0.1, -0.05) is 26.8 Å². The molecule has 0 spiro atoms. The van der Waals surface area contributed by atoms with Gasteiger partial charge in [-0.15, -0.1) is 0 Å². The van der Waals surface area contributed by atoms with E-state index in [2.05, 4.69) is 32.3 Å². The summed E-state index contributed by atoms with van der Waals surface area (Å²) in [5.41, 5.74) is 4.52. The average Bonchev–Trinajstić information content (AvgIpc) is 2.84. The van der Waals surface area contributed by atoms with Gasteiger partial charge in [0.2, 0.25) is 0 Å². The van der Waals surface area contributed by atoms with Crippen molar-refractivity contribution in [2.75, 3.05) is 0 Å². The van der Waals surface area contributed by atoms with E-state index in [-0.39, 0.29) is 22.2 Å². The molecule has 0 aliphatic heterocycles. The number of allylic oxidation sites excluding steroid dienone is 2. The summed E-state index contributed by atoms with van der Waals surface area (Å²) in [5, 5.41) is 0. The van der Waals surface area contributed by atoms with Crippen molar-refractivity contribution in [3.05, 3.63) is 11.8 Å². The smallest absolute Gasteiger partial charge is 0.338 e. The summed E-state index contributed by atoms with van der Waals surface area (Å²) < 4.78 is 0. The van der Waals surface area contributed by atoms with E-state index in [4.69, 9.17) is 4.84 Å². The van der Waals surface area contributed by atoms with Gasteiger partial charge in [-0.25, -0.2) is 10.3 Å². The monoisotopic (exact) mass is 329 g/mol. The van der Waals surface area contributed by atoms with Gasteiger partial charge in [-0.05, 0) is 80.5 Å². The number of hydroxylamine groups is 1. The van der Waals surface area contributed by atoms with E-state index in [1.807, 2.05) is 0 Å². The second kappa shape index (κ2) is 4.59. The SMILES string of the molecule is CC12CCC(C=C1NOC(=O)C13CC4CC(CC(C4)C1)C3)C2(C)C. The number of hydrogen-bond acceptors (Lipinski definition) is 3. The third-order valence-corrected chi connectivity index (χ3v) is 8.99. The molecule has 5 fully saturated rings. The van der Waals surface area contributed by atoms with Crippen LogP contribution in [0.3, 0.4) is 0 Å². The van der Waals surface area contributed by atoms with E-state index in [1.165, 1.54) is 32.1 Å². The van der Waals surface area contributed by atoms with Gasteiger partial charge in [-0.2, -0.15) is 0 Å². The maximum absolute atomic E-state index is 13.0. The highest BCUT2D eigenvalue weighted by molar-refractivity contribution is 5.77. The van der Waals surface area contributed by atoms with Crippen LogP contribution < -0.4 is 5.48 Å². The minimum absolute atomic E-state index is 0.0340. The molecule has 5 saturated carbocycles. The van der Waals surface area contributed by atoms with Crippen LogP contribution in [-0.2, 0) is 9.63 Å². The Bertz CT molecular complexity index is 584. The topological polar surface area (TPSA) is 38.3 Å². The van der Waals surface area contributed by atoms with Gasteiger partial charge in [0.25, 0.3) is 0 Å². The lowest BCUT2D eigenvalue weighted by Gasteiger charge is -2.55. The number of carbonyl (C=O) groups is 1. The quantitative estimate of drug-likeness (QED) is 0.770. The first-order chi connectivity index (χ1) is 11.3. The van der Waals surface area contributed by atoms with E-state index in [0.717, 1.165) is 42.7 Å². The lowest BCUT2D eigenvalue weighted by atomic mass is 9.49. The predicted molar refractivity (Wildman–Crippen MR) is 92.5 cm³/mol. The Morgan fingerprint density at radius 1 is 1.08 bits per heavy atom. The summed E-state index contributed by atoms with van der Waals surface area (Å²) in [6, 6.07) is 0. The summed E-state index contributed by atoms with van der Waals surface area (Å²) >= 11 is 0. The molecule has 0 aromatic rings. The maximum atomic E-state index is 13.0. The van der Waals surface area contributed by atoms with E-state index < -0.39 is 0 Å². The molecule has 1 N–H and O–H groups in total. The molecule has 24 heavy (non-hydrogen) atoms. The van der Waals surface area contributed by atoms with E-state index in [0.29, 0.717) is 5.92 Å². The van der Waals surface area contributed by atoms with E-state index >= 15 is 0 Å². The maximum Gasteiger partial charge on any atom is 0.338 e. The molecule has 6 aliphatic carbocycles. The zero-order valence-electron chi connectivity index (χ0n) is 15.4. The van der Waals surface area contributed by atoms with Crippen LogP contribution in [0, 0.1) is 39.9 Å². The largest absolute Gasteiger partial charge is 0.343 e. The zero-order chi connectivity index (χ0) is 16.7. The molecule has 2 unspecified atom stereocenters. The lowest BCUT2D eigenvalue weighted by Crippen LogP contribution is -2.51. The summed E-state index contributed by atoms with van der Waals surface area (Å²) in [4.78, 5) is 18.8. The Hall–Kier alpha value is -0.990. The first-order valence-corrected chi connectivity index (χ1v) is 10.0. The first-order valence-electron chi connectivity index (χ1n) is 10.0. The Kier molecular flexibility index (Phi) is 2.92. The second-order valence-corrected chi connectivity index (χ2v) is 10.5. The third-order valence-electron chi connectivity index (χ3n) is 8.99. The van der Waals surface area contributed by atoms with Crippen LogP contribution in [0.2, 0.25) is 0 Å². The molecule has 6 bridgehead atoms. The van der Waals surface area contributed by atoms with Gasteiger partial charge < -0.3 is 4.84 Å². The van der Waals surface area contributed by atoms with Crippen LogP contribution in [0.1, 0.15) is 72.1 Å². The first kappa shape index (κ1) is 15.3. The van der Waals surface area contributed by atoms with Gasteiger partial charge >= 0.3 is 5.97 Å². The molecule has 2 atom stereocenters. The Balaban J connectivity index is 1.30. The normalized spacial score (nSPS) is 50.0. The second-order valence-electron chi connectivity index (χ2n) is 10.5. The molecule has 6 aliphatic rings. The van der Waals surface area contributed by atoms with Gasteiger partial charge in [0.1, 0.15) is 0 Å². The molecular weight excluding hydrogens is 298 g/mol. The molecule has 0 radical (unpaired) electrons. The fraction of sp³-hybridized carbons (Fsp3) is 0.857. The molecule has 0 heterocycles. The van der Waals surface area contributed by atoms with Crippen molar-refractivity contribution < 1.29 is 9.63 Å². The Morgan fingerprint density at radius 3 is 2.12 bits per heavy atom. The highest BCUT2D eigenvalue weighted by Gasteiger charge is 2.59. The fourth-order valence-electron chi connectivity index (χ4n) is 7.41. The van der Waals surface area contributed by atoms with Crippen LogP contribution in [0.15, 0.2) is 11.8 Å². The van der Waals surface area contributed by atoms with Crippen molar-refractivity contribution in [2.45, 2.75) is 72.1 Å². The van der Waals surface area contributed by atoms with Crippen molar-refractivity contribution in [3.63, 3.8) is 0 Å². The molecule has 0 saturated heterocycles. The number of fused-ring (bicyclic) bond motifs is 2. The van der Waals surface area contributed by atoms with Gasteiger partial charge in [0.15, 0.2) is 0 Å². The third kappa shape index (κ3) is 1.82. The molecule has 0 aromatic carbocycles. The van der Waals surface area contributed by atoms with Crippen LogP contribution in [0.5, 0.6) is 0 Å². The molecular formula is C21H31NO2. The van der Waals surface area contributed by atoms with Crippen molar-refractivity contribution in [1.82, 2.24) is 5.48 Å². The molecule has 3 nitrogen and oxygen atoms in total. The van der Waals surface area contributed by atoms with Crippen molar-refractivity contribution in [1.29, 1.82) is 0 Å². The van der Waals surface area contributed by atoms with Crippen LogP contribution in [0.25, 0.3) is 0 Å². The lowest BCUT2D eigenvalue weighted by molar-refractivity contribution is -0.178. The molecule has 3 heteroatoms. The van der Waals surface area contributed by atoms with Crippen LogP contribution in [0.4, 0.5) is 0 Å².